The van der Waals surface area contributed by atoms with Crippen LogP contribution in [0.15, 0.2) is 6.20 Å². The molecule has 0 atom stereocenters. The van der Waals surface area contributed by atoms with E-state index in [1.807, 2.05) is 6.07 Å². The number of hydrogen-bond acceptors (Lipinski definition) is 3. The number of carbonyl (C=O) groups excluding carboxylic acids is 1. The maximum atomic E-state index is 11.8. The predicted molar refractivity (Wildman–Crippen MR) is 67.7 cm³/mol. The van der Waals surface area contributed by atoms with Gasteiger partial charge in [0.15, 0.2) is 0 Å². The molecular formula is C13H18N4O. The topological polar surface area (TPSA) is 70.7 Å². The van der Waals surface area contributed by atoms with Crippen LogP contribution in [0.3, 0.4) is 0 Å². The van der Waals surface area contributed by atoms with Crippen molar-refractivity contribution < 1.29 is 4.79 Å². The highest BCUT2D eigenvalue weighted by molar-refractivity contribution is 5.91. The first-order valence-electron chi connectivity index (χ1n) is 6.42. The monoisotopic (exact) mass is 246 g/mol. The molecule has 0 spiro atoms. The van der Waals surface area contributed by atoms with Crippen LogP contribution in [0.5, 0.6) is 0 Å². The minimum absolute atomic E-state index is 0.0259. The number of nitrogens with one attached hydrogen (secondary N) is 1. The Morgan fingerprint density at radius 3 is 3.00 bits per heavy atom. The van der Waals surface area contributed by atoms with Gasteiger partial charge in [-0.1, -0.05) is 25.7 Å². The van der Waals surface area contributed by atoms with Crippen LogP contribution < -0.4 is 5.32 Å². The Hall–Kier alpha value is -1.83. The first kappa shape index (κ1) is 12.6. The summed E-state index contributed by atoms with van der Waals surface area (Å²) in [6.07, 6.45) is 8.04. The van der Waals surface area contributed by atoms with Gasteiger partial charge < -0.3 is 5.32 Å². The molecule has 96 valence electrons. The van der Waals surface area contributed by atoms with Crippen LogP contribution in [0.4, 0.5) is 5.82 Å². The zero-order chi connectivity index (χ0) is 13.0. The summed E-state index contributed by atoms with van der Waals surface area (Å²) in [6.45, 7) is 0. The van der Waals surface area contributed by atoms with E-state index in [1.165, 1.54) is 36.6 Å². The first-order chi connectivity index (χ1) is 8.70. The number of nitrogens with zero attached hydrogens (tertiary/aromatic N) is 3. The van der Waals surface area contributed by atoms with Crippen molar-refractivity contribution in [1.29, 1.82) is 5.26 Å². The zero-order valence-corrected chi connectivity index (χ0v) is 10.6. The summed E-state index contributed by atoms with van der Waals surface area (Å²) in [5.74, 6) is 1.17. The normalized spacial score (nSPS) is 15.6. The average Bonchev–Trinajstić information content (AvgIpc) is 2.98. The van der Waals surface area contributed by atoms with E-state index in [2.05, 4.69) is 10.4 Å². The molecule has 0 radical (unpaired) electrons. The smallest absolute Gasteiger partial charge is 0.225 e. The minimum atomic E-state index is -0.0259. The Morgan fingerprint density at radius 2 is 2.33 bits per heavy atom. The summed E-state index contributed by atoms with van der Waals surface area (Å²) in [4.78, 5) is 11.8. The van der Waals surface area contributed by atoms with E-state index in [0.29, 0.717) is 23.7 Å². The molecule has 5 nitrogen and oxygen atoms in total. The molecule has 1 saturated carbocycles. The van der Waals surface area contributed by atoms with Crippen molar-refractivity contribution in [3.05, 3.63) is 11.8 Å². The summed E-state index contributed by atoms with van der Waals surface area (Å²) in [5.41, 5.74) is 0.409. The number of hydrogen-bond donors (Lipinski definition) is 1. The molecule has 1 fully saturated rings. The lowest BCUT2D eigenvalue weighted by atomic mass is 10.0. The first-order valence-corrected chi connectivity index (χ1v) is 6.42. The van der Waals surface area contributed by atoms with Gasteiger partial charge in [-0.15, -0.1) is 0 Å². The van der Waals surface area contributed by atoms with Crippen molar-refractivity contribution in [3.63, 3.8) is 0 Å². The minimum Gasteiger partial charge on any atom is -0.310 e. The summed E-state index contributed by atoms with van der Waals surface area (Å²) in [5, 5.41) is 15.6. The van der Waals surface area contributed by atoms with E-state index in [0.717, 1.165) is 6.42 Å². The number of amides is 1. The lowest BCUT2D eigenvalue weighted by Crippen LogP contribution is -2.16. The number of aromatic nitrogens is 2. The highest BCUT2D eigenvalue weighted by Gasteiger charge is 2.17. The quantitative estimate of drug-likeness (QED) is 0.885. The molecule has 0 aliphatic heterocycles. The summed E-state index contributed by atoms with van der Waals surface area (Å²) in [7, 11) is 1.72. The van der Waals surface area contributed by atoms with Crippen LogP contribution in [0.25, 0.3) is 0 Å². The van der Waals surface area contributed by atoms with Crippen LogP contribution in [0.2, 0.25) is 0 Å². The van der Waals surface area contributed by atoms with Gasteiger partial charge in [0.2, 0.25) is 5.91 Å². The second-order valence-corrected chi connectivity index (χ2v) is 4.88. The fourth-order valence-electron chi connectivity index (χ4n) is 2.50. The fourth-order valence-corrected chi connectivity index (χ4v) is 2.50. The molecular weight excluding hydrogens is 228 g/mol. The Balaban J connectivity index is 1.86. The van der Waals surface area contributed by atoms with Crippen LogP contribution in [-0.2, 0) is 11.8 Å². The van der Waals surface area contributed by atoms with Gasteiger partial charge in [-0.3, -0.25) is 9.48 Å². The fraction of sp³-hybridized carbons (Fsp3) is 0.615. The second-order valence-electron chi connectivity index (χ2n) is 4.88. The van der Waals surface area contributed by atoms with Crippen molar-refractivity contribution in [2.24, 2.45) is 13.0 Å². The maximum Gasteiger partial charge on any atom is 0.225 e. The largest absolute Gasteiger partial charge is 0.310 e. The molecule has 0 unspecified atom stereocenters. The van der Waals surface area contributed by atoms with Crippen molar-refractivity contribution in [2.75, 3.05) is 5.32 Å². The lowest BCUT2D eigenvalue weighted by molar-refractivity contribution is -0.116. The number of aryl methyl sites for hydroxylation is 1. The number of rotatable bonds is 4. The van der Waals surface area contributed by atoms with Crippen LogP contribution in [0.1, 0.15) is 44.1 Å². The molecule has 0 bridgehead atoms. The second kappa shape index (κ2) is 5.67. The van der Waals surface area contributed by atoms with E-state index in [4.69, 9.17) is 5.26 Å². The lowest BCUT2D eigenvalue weighted by Gasteiger charge is -2.09. The molecule has 1 aromatic heterocycles. The molecule has 2 rings (SSSR count). The van der Waals surface area contributed by atoms with E-state index < -0.39 is 0 Å². The number of carbonyl (C=O) groups is 1. The highest BCUT2D eigenvalue weighted by Crippen LogP contribution is 2.28. The van der Waals surface area contributed by atoms with Gasteiger partial charge in [0.1, 0.15) is 17.5 Å². The van der Waals surface area contributed by atoms with Gasteiger partial charge >= 0.3 is 0 Å². The zero-order valence-electron chi connectivity index (χ0n) is 10.6. The van der Waals surface area contributed by atoms with Crippen LogP contribution in [-0.4, -0.2) is 15.7 Å². The van der Waals surface area contributed by atoms with Crippen molar-refractivity contribution in [1.82, 2.24) is 9.78 Å². The molecule has 1 N–H and O–H groups in total. The van der Waals surface area contributed by atoms with Crippen LogP contribution >= 0.6 is 0 Å². The molecule has 0 aromatic carbocycles. The Bertz CT molecular complexity index is 466. The van der Waals surface area contributed by atoms with E-state index >= 15 is 0 Å². The maximum absolute atomic E-state index is 11.8. The van der Waals surface area contributed by atoms with Gasteiger partial charge in [-0.2, -0.15) is 10.4 Å². The number of nitriles is 1. The number of anilines is 1. The van der Waals surface area contributed by atoms with Crippen molar-refractivity contribution in [3.8, 4) is 6.07 Å². The SMILES string of the molecule is Cn1ncc(C#N)c1NC(=O)CCC1CCCC1. The Kier molecular flexibility index (Phi) is 3.98. The summed E-state index contributed by atoms with van der Waals surface area (Å²) < 4.78 is 1.52. The van der Waals surface area contributed by atoms with Crippen molar-refractivity contribution >= 4 is 11.7 Å². The Morgan fingerprint density at radius 1 is 1.61 bits per heavy atom. The summed E-state index contributed by atoms with van der Waals surface area (Å²) in [6, 6.07) is 2.02. The molecule has 5 heteroatoms. The third-order valence-electron chi connectivity index (χ3n) is 3.57. The Labute approximate surface area is 107 Å². The molecule has 1 aromatic rings. The van der Waals surface area contributed by atoms with Gasteiger partial charge in [0.25, 0.3) is 0 Å². The van der Waals surface area contributed by atoms with Gasteiger partial charge in [0, 0.05) is 13.5 Å². The van der Waals surface area contributed by atoms with E-state index in [-0.39, 0.29) is 5.91 Å². The van der Waals surface area contributed by atoms with E-state index in [1.54, 1.807) is 7.05 Å². The van der Waals surface area contributed by atoms with Crippen LogP contribution in [0, 0.1) is 17.2 Å². The van der Waals surface area contributed by atoms with Crippen molar-refractivity contribution in [2.45, 2.75) is 38.5 Å². The van der Waals surface area contributed by atoms with Gasteiger partial charge in [-0.05, 0) is 12.3 Å². The molecule has 1 aliphatic carbocycles. The predicted octanol–water partition coefficient (Wildman–Crippen LogP) is 2.20. The third-order valence-corrected chi connectivity index (χ3v) is 3.57. The molecule has 18 heavy (non-hydrogen) atoms. The standard InChI is InChI=1S/C13H18N4O/c1-17-13(11(8-14)9-15-17)16-12(18)7-6-10-4-2-3-5-10/h9-10H,2-7H2,1H3,(H,16,18). The molecule has 1 aliphatic rings. The highest BCUT2D eigenvalue weighted by atomic mass is 16.1. The molecule has 1 heterocycles. The van der Waals surface area contributed by atoms with E-state index in [9.17, 15) is 4.79 Å². The molecule has 1 amide bonds. The molecule has 0 saturated heterocycles. The average molecular weight is 246 g/mol. The summed E-state index contributed by atoms with van der Waals surface area (Å²) >= 11 is 0. The third kappa shape index (κ3) is 2.89. The van der Waals surface area contributed by atoms with Gasteiger partial charge in [-0.25, -0.2) is 0 Å². The van der Waals surface area contributed by atoms with Gasteiger partial charge in [0.05, 0.1) is 6.20 Å².